The molecule has 3 nitrogen and oxygen atoms in total. The number of hydrogen-bond donors (Lipinski definition) is 0. The second kappa shape index (κ2) is 4.10. The number of amides is 1. The summed E-state index contributed by atoms with van der Waals surface area (Å²) in [5.41, 5.74) is 0. The van der Waals surface area contributed by atoms with Crippen LogP contribution >= 0.6 is 0 Å². The van der Waals surface area contributed by atoms with Crippen LogP contribution in [0.15, 0.2) is 0 Å². The highest BCUT2D eigenvalue weighted by atomic mass is 16.2. The van der Waals surface area contributed by atoms with Gasteiger partial charge in [0.2, 0.25) is 5.91 Å². The van der Waals surface area contributed by atoms with Gasteiger partial charge in [-0.25, -0.2) is 0 Å². The second-order valence-corrected chi connectivity index (χ2v) is 3.32. The van der Waals surface area contributed by atoms with Crippen LogP contribution in [-0.4, -0.2) is 23.9 Å². The van der Waals surface area contributed by atoms with Crippen molar-refractivity contribution in [3.8, 4) is 6.07 Å². The summed E-state index contributed by atoms with van der Waals surface area (Å²) in [5, 5.41) is 8.51. The van der Waals surface area contributed by atoms with Crippen molar-refractivity contribution >= 4 is 5.91 Å². The molecule has 0 N–H and O–H groups in total. The Labute approximate surface area is 73.0 Å². The molecule has 1 fully saturated rings. The van der Waals surface area contributed by atoms with Crippen molar-refractivity contribution in [3.63, 3.8) is 0 Å². The van der Waals surface area contributed by atoms with Crippen LogP contribution in [0.1, 0.15) is 26.2 Å². The van der Waals surface area contributed by atoms with Crippen LogP contribution in [-0.2, 0) is 4.79 Å². The van der Waals surface area contributed by atoms with Gasteiger partial charge in [0, 0.05) is 19.5 Å². The maximum atomic E-state index is 11.4. The normalized spacial score (nSPS) is 18.8. The fraction of sp³-hybridized carbons (Fsp3) is 0.778. The molecule has 0 spiro atoms. The van der Waals surface area contributed by atoms with E-state index in [4.69, 9.17) is 5.26 Å². The highest BCUT2D eigenvalue weighted by molar-refractivity contribution is 5.76. The van der Waals surface area contributed by atoms with E-state index in [0.717, 1.165) is 25.9 Å². The van der Waals surface area contributed by atoms with Crippen molar-refractivity contribution in [3.05, 3.63) is 0 Å². The molecule has 1 rings (SSSR count). The molecule has 3 heteroatoms. The van der Waals surface area contributed by atoms with E-state index < -0.39 is 0 Å². The number of likely N-dealkylation sites (tertiary alicyclic amines) is 1. The molecule has 1 heterocycles. The maximum Gasteiger partial charge on any atom is 0.223 e. The number of carbonyl (C=O) groups excluding carboxylic acids is 1. The molecule has 0 aromatic carbocycles. The standard InChI is InChI=1S/C9H14N2O/c1-8(7-10)6-9(12)11-4-2-3-5-11/h8H,2-6H2,1H3. The minimum absolute atomic E-state index is 0.140. The van der Waals surface area contributed by atoms with Crippen LogP contribution in [0.2, 0.25) is 0 Å². The van der Waals surface area contributed by atoms with E-state index in [1.807, 2.05) is 4.90 Å². The van der Waals surface area contributed by atoms with E-state index >= 15 is 0 Å². The van der Waals surface area contributed by atoms with Gasteiger partial charge in [-0.05, 0) is 19.8 Å². The first-order valence-corrected chi connectivity index (χ1v) is 4.41. The van der Waals surface area contributed by atoms with Crippen molar-refractivity contribution in [1.82, 2.24) is 4.90 Å². The molecule has 0 radical (unpaired) electrons. The molecule has 0 aliphatic carbocycles. The van der Waals surface area contributed by atoms with Crippen molar-refractivity contribution < 1.29 is 4.79 Å². The van der Waals surface area contributed by atoms with Crippen LogP contribution < -0.4 is 0 Å². The molecule has 1 aliphatic heterocycles. The van der Waals surface area contributed by atoms with Gasteiger partial charge >= 0.3 is 0 Å². The summed E-state index contributed by atoms with van der Waals surface area (Å²) >= 11 is 0. The van der Waals surface area contributed by atoms with E-state index in [1.165, 1.54) is 0 Å². The van der Waals surface area contributed by atoms with Gasteiger partial charge in [0.1, 0.15) is 0 Å². The van der Waals surface area contributed by atoms with Crippen LogP contribution in [0.3, 0.4) is 0 Å². The molecule has 1 unspecified atom stereocenters. The highest BCUT2D eigenvalue weighted by Crippen LogP contribution is 2.11. The predicted octanol–water partition coefficient (Wildman–Crippen LogP) is 1.16. The third kappa shape index (κ3) is 2.23. The van der Waals surface area contributed by atoms with Crippen LogP contribution in [0.25, 0.3) is 0 Å². The maximum absolute atomic E-state index is 11.4. The van der Waals surface area contributed by atoms with Gasteiger partial charge in [-0.2, -0.15) is 5.26 Å². The van der Waals surface area contributed by atoms with Gasteiger partial charge in [-0.1, -0.05) is 0 Å². The monoisotopic (exact) mass is 166 g/mol. The summed E-state index contributed by atoms with van der Waals surface area (Å²) < 4.78 is 0. The average Bonchev–Trinajstić information content (AvgIpc) is 2.56. The lowest BCUT2D eigenvalue weighted by atomic mass is 10.1. The Kier molecular flexibility index (Phi) is 3.09. The summed E-state index contributed by atoms with van der Waals surface area (Å²) in [6.07, 6.45) is 2.62. The molecule has 0 bridgehead atoms. The number of rotatable bonds is 2. The molecule has 1 atom stereocenters. The highest BCUT2D eigenvalue weighted by Gasteiger charge is 2.19. The van der Waals surface area contributed by atoms with E-state index in [0.29, 0.717) is 6.42 Å². The molecule has 0 saturated carbocycles. The molecule has 0 aromatic heterocycles. The first-order chi connectivity index (χ1) is 5.74. The van der Waals surface area contributed by atoms with E-state index in [2.05, 4.69) is 6.07 Å². The third-order valence-electron chi connectivity index (χ3n) is 2.16. The SMILES string of the molecule is CC(C#N)CC(=O)N1CCCC1. The van der Waals surface area contributed by atoms with Crippen molar-refractivity contribution in [2.24, 2.45) is 5.92 Å². The van der Waals surface area contributed by atoms with E-state index in [-0.39, 0.29) is 11.8 Å². The first-order valence-electron chi connectivity index (χ1n) is 4.41. The van der Waals surface area contributed by atoms with E-state index in [1.54, 1.807) is 6.92 Å². The molecular weight excluding hydrogens is 152 g/mol. The summed E-state index contributed by atoms with van der Waals surface area (Å²) in [7, 11) is 0. The van der Waals surface area contributed by atoms with Gasteiger partial charge < -0.3 is 4.90 Å². The molecule has 12 heavy (non-hydrogen) atoms. The zero-order valence-corrected chi connectivity index (χ0v) is 7.42. The first kappa shape index (κ1) is 9.05. The minimum atomic E-state index is -0.141. The van der Waals surface area contributed by atoms with Gasteiger partial charge in [0.05, 0.1) is 12.0 Å². The van der Waals surface area contributed by atoms with Crippen LogP contribution in [0.5, 0.6) is 0 Å². The summed E-state index contributed by atoms with van der Waals surface area (Å²) in [6.45, 7) is 3.56. The lowest BCUT2D eigenvalue weighted by Gasteiger charge is -2.15. The molecular formula is C9H14N2O. The Balaban J connectivity index is 2.33. The Morgan fingerprint density at radius 3 is 2.67 bits per heavy atom. The zero-order chi connectivity index (χ0) is 8.97. The largest absolute Gasteiger partial charge is 0.343 e. The van der Waals surface area contributed by atoms with Crippen LogP contribution in [0.4, 0.5) is 0 Å². The summed E-state index contributed by atoms with van der Waals surface area (Å²) in [5.74, 6) is -0.000324. The van der Waals surface area contributed by atoms with E-state index in [9.17, 15) is 4.79 Å². The fourth-order valence-corrected chi connectivity index (χ4v) is 1.40. The molecule has 1 saturated heterocycles. The lowest BCUT2D eigenvalue weighted by molar-refractivity contribution is -0.130. The molecule has 0 aromatic rings. The Hall–Kier alpha value is -1.04. The van der Waals surface area contributed by atoms with Gasteiger partial charge in [-0.3, -0.25) is 4.79 Å². The number of hydrogen-bond acceptors (Lipinski definition) is 2. The van der Waals surface area contributed by atoms with Crippen molar-refractivity contribution in [2.75, 3.05) is 13.1 Å². The smallest absolute Gasteiger partial charge is 0.223 e. The third-order valence-corrected chi connectivity index (χ3v) is 2.16. The Morgan fingerprint density at radius 1 is 1.58 bits per heavy atom. The topological polar surface area (TPSA) is 44.1 Å². The zero-order valence-electron chi connectivity index (χ0n) is 7.42. The lowest BCUT2D eigenvalue weighted by Crippen LogP contribution is -2.28. The van der Waals surface area contributed by atoms with Gasteiger partial charge in [0.25, 0.3) is 0 Å². The number of carbonyl (C=O) groups is 1. The number of nitriles is 1. The van der Waals surface area contributed by atoms with Gasteiger partial charge in [-0.15, -0.1) is 0 Å². The quantitative estimate of drug-likeness (QED) is 0.617. The second-order valence-electron chi connectivity index (χ2n) is 3.32. The van der Waals surface area contributed by atoms with Crippen LogP contribution in [0, 0.1) is 17.2 Å². The van der Waals surface area contributed by atoms with Crippen molar-refractivity contribution in [2.45, 2.75) is 26.2 Å². The number of nitrogens with zero attached hydrogens (tertiary/aromatic N) is 2. The Morgan fingerprint density at radius 2 is 2.17 bits per heavy atom. The molecule has 66 valence electrons. The Bertz CT molecular complexity index is 201. The minimum Gasteiger partial charge on any atom is -0.343 e. The average molecular weight is 166 g/mol. The molecule has 1 aliphatic rings. The fourth-order valence-electron chi connectivity index (χ4n) is 1.40. The molecule has 1 amide bonds. The summed E-state index contributed by atoms with van der Waals surface area (Å²) in [6, 6.07) is 2.07. The predicted molar refractivity (Wildman–Crippen MR) is 45.2 cm³/mol. The summed E-state index contributed by atoms with van der Waals surface area (Å²) in [4.78, 5) is 13.2. The van der Waals surface area contributed by atoms with Crippen molar-refractivity contribution in [1.29, 1.82) is 5.26 Å². The van der Waals surface area contributed by atoms with Gasteiger partial charge in [0.15, 0.2) is 0 Å².